The van der Waals surface area contributed by atoms with E-state index in [0.29, 0.717) is 0 Å². The molecule has 0 radical (unpaired) electrons. The van der Waals surface area contributed by atoms with E-state index in [9.17, 15) is 0 Å². The van der Waals surface area contributed by atoms with Crippen molar-refractivity contribution in [1.82, 2.24) is 0 Å². The topological polar surface area (TPSA) is 0 Å². The fraction of sp³-hybridized carbons (Fsp3) is 0. The van der Waals surface area contributed by atoms with Gasteiger partial charge in [0.1, 0.15) is 0 Å². The fourth-order valence-corrected chi connectivity index (χ4v) is 0.342. The van der Waals surface area contributed by atoms with Crippen LogP contribution in [-0.4, -0.2) is 0 Å². The Balaban J connectivity index is 0.000000187. The molecular formula is C6H5Cl2Pt-. The molecule has 0 fully saturated rings. The Bertz CT molecular complexity index is 93.9. The van der Waals surface area contributed by atoms with E-state index in [0.717, 1.165) is 0 Å². The van der Waals surface area contributed by atoms with Gasteiger partial charge in [-0.25, -0.2) is 0 Å². The second-order valence-electron chi connectivity index (χ2n) is 1.12. The first-order valence-corrected chi connectivity index (χ1v) is 7.78. The molecule has 0 aliphatic carbocycles. The molecule has 54 valence electrons. The summed E-state index contributed by atoms with van der Waals surface area (Å²) in [5.41, 5.74) is 0. The van der Waals surface area contributed by atoms with Crippen molar-refractivity contribution < 1.29 is 16.5 Å². The minimum Gasteiger partial charge on any atom is -0.184 e. The van der Waals surface area contributed by atoms with E-state index >= 15 is 0 Å². The van der Waals surface area contributed by atoms with Gasteiger partial charge in [0.2, 0.25) is 0 Å². The monoisotopic (exact) mass is 342 g/mol. The predicted molar refractivity (Wildman–Crippen MR) is 37.0 cm³/mol. The molecule has 0 heterocycles. The van der Waals surface area contributed by atoms with Gasteiger partial charge in [-0.2, -0.15) is 36.4 Å². The summed E-state index contributed by atoms with van der Waals surface area (Å²) in [6.07, 6.45) is 0. The van der Waals surface area contributed by atoms with Crippen molar-refractivity contribution >= 4 is 18.8 Å². The van der Waals surface area contributed by atoms with Crippen LogP contribution >= 0.6 is 18.8 Å². The molecule has 1 aromatic rings. The van der Waals surface area contributed by atoms with Crippen molar-refractivity contribution in [2.45, 2.75) is 0 Å². The molecule has 0 atom stereocenters. The molecule has 0 bridgehead atoms. The second-order valence-corrected chi connectivity index (χ2v) is 4.41. The van der Waals surface area contributed by atoms with Crippen LogP contribution in [0.25, 0.3) is 0 Å². The normalized spacial score (nSPS) is 7.78. The standard InChI is InChI=1S/C6H5.2ClH.Pt/c1-2-4-6-5-3-1;;;/h1-5H;2*1H;/q-1;;;+2/p-2. The summed E-state index contributed by atoms with van der Waals surface area (Å²) in [6.45, 7) is 0. The van der Waals surface area contributed by atoms with Gasteiger partial charge in [-0.3, -0.25) is 0 Å². The third-order valence-electron chi connectivity index (χ3n) is 0.607. The van der Waals surface area contributed by atoms with Gasteiger partial charge in [0.25, 0.3) is 0 Å². The van der Waals surface area contributed by atoms with Crippen molar-refractivity contribution in [1.29, 1.82) is 0 Å². The summed E-state index contributed by atoms with van der Waals surface area (Å²) in [7, 11) is 9.75. The minimum absolute atomic E-state index is 0.472. The van der Waals surface area contributed by atoms with E-state index < -0.39 is 16.5 Å². The Morgan fingerprint density at radius 1 is 1.00 bits per heavy atom. The zero-order valence-electron chi connectivity index (χ0n) is 4.46. The first-order valence-electron chi connectivity index (χ1n) is 2.15. The van der Waals surface area contributed by atoms with E-state index in [-0.39, 0.29) is 0 Å². The third kappa shape index (κ3) is 8.49. The molecule has 0 aliphatic rings. The Kier molecular flexibility index (Phi) is 8.95. The van der Waals surface area contributed by atoms with Crippen LogP contribution in [0.2, 0.25) is 0 Å². The number of halogens is 2. The summed E-state index contributed by atoms with van der Waals surface area (Å²) >= 11 is -0.472. The zero-order chi connectivity index (χ0) is 6.95. The quantitative estimate of drug-likeness (QED) is 0.636. The van der Waals surface area contributed by atoms with Crippen LogP contribution in [0.3, 0.4) is 0 Å². The van der Waals surface area contributed by atoms with E-state index in [2.05, 4.69) is 6.07 Å². The van der Waals surface area contributed by atoms with Gasteiger partial charge in [0.05, 0.1) is 0 Å². The molecule has 0 unspecified atom stereocenters. The van der Waals surface area contributed by atoms with Crippen LogP contribution in [-0.2, 0) is 16.5 Å². The maximum absolute atomic E-state index is 4.88. The zero-order valence-corrected chi connectivity index (χ0v) is 8.24. The number of hydrogen-bond donors (Lipinski definition) is 0. The van der Waals surface area contributed by atoms with Gasteiger partial charge in [-0.1, -0.05) is 0 Å². The SMILES string of the molecule is [Cl][Pt][Cl].[c-]1ccccc1. The van der Waals surface area contributed by atoms with E-state index in [1.807, 2.05) is 30.3 Å². The van der Waals surface area contributed by atoms with Gasteiger partial charge < -0.3 is 0 Å². The smallest absolute Gasteiger partial charge is 0.171 e. The Labute approximate surface area is 71.6 Å². The summed E-state index contributed by atoms with van der Waals surface area (Å²) < 4.78 is 0. The first-order chi connectivity index (χ1) is 4.41. The maximum Gasteiger partial charge on any atom is -0.171 e. The fourth-order valence-electron chi connectivity index (χ4n) is 0.342. The molecule has 3 heteroatoms. The largest absolute Gasteiger partial charge is 0.184 e. The number of rotatable bonds is 0. The molecular weight excluding hydrogens is 338 g/mol. The Morgan fingerprint density at radius 2 is 1.44 bits per heavy atom. The molecule has 0 N–H and O–H groups in total. The van der Waals surface area contributed by atoms with Crippen LogP contribution in [0.4, 0.5) is 0 Å². The van der Waals surface area contributed by atoms with E-state index in [4.69, 9.17) is 18.8 Å². The van der Waals surface area contributed by atoms with Gasteiger partial charge in [-0.15, -0.1) is 0 Å². The van der Waals surface area contributed by atoms with Gasteiger partial charge in [0.15, 0.2) is 0 Å². The number of benzene rings is 1. The van der Waals surface area contributed by atoms with E-state index in [1.54, 1.807) is 0 Å². The average Bonchev–Trinajstić information content (AvgIpc) is 1.93. The van der Waals surface area contributed by atoms with Crippen molar-refractivity contribution in [3.8, 4) is 0 Å². The van der Waals surface area contributed by atoms with Crippen molar-refractivity contribution in [3.05, 3.63) is 36.4 Å². The molecule has 0 nitrogen and oxygen atoms in total. The van der Waals surface area contributed by atoms with Crippen molar-refractivity contribution in [3.63, 3.8) is 0 Å². The van der Waals surface area contributed by atoms with Crippen LogP contribution in [0.1, 0.15) is 0 Å². The van der Waals surface area contributed by atoms with Gasteiger partial charge >= 0.3 is 35.3 Å². The predicted octanol–water partition coefficient (Wildman–Crippen LogP) is 2.86. The summed E-state index contributed by atoms with van der Waals surface area (Å²) in [6, 6.07) is 12.5. The molecule has 0 spiro atoms. The molecule has 9 heavy (non-hydrogen) atoms. The Hall–Kier alpha value is 0.488. The van der Waals surface area contributed by atoms with Crippen LogP contribution in [0.15, 0.2) is 30.3 Å². The first kappa shape index (κ1) is 9.49. The molecule has 0 saturated carbocycles. The van der Waals surface area contributed by atoms with Crippen LogP contribution in [0.5, 0.6) is 0 Å². The van der Waals surface area contributed by atoms with Gasteiger partial charge in [-0.05, 0) is 0 Å². The summed E-state index contributed by atoms with van der Waals surface area (Å²) in [5.74, 6) is 0. The average molecular weight is 343 g/mol. The second kappa shape index (κ2) is 8.49. The molecule has 0 aromatic heterocycles. The van der Waals surface area contributed by atoms with Crippen molar-refractivity contribution in [2.24, 2.45) is 0 Å². The molecule has 0 aliphatic heterocycles. The molecule has 0 amide bonds. The van der Waals surface area contributed by atoms with Crippen LogP contribution < -0.4 is 0 Å². The van der Waals surface area contributed by atoms with Crippen LogP contribution in [0, 0.1) is 6.07 Å². The maximum atomic E-state index is 4.88. The molecule has 1 aromatic carbocycles. The third-order valence-corrected chi connectivity index (χ3v) is 0.607. The summed E-state index contributed by atoms with van der Waals surface area (Å²) in [5, 5.41) is 0. The van der Waals surface area contributed by atoms with Gasteiger partial charge in [0, 0.05) is 0 Å². The number of hydrogen-bond acceptors (Lipinski definition) is 0. The minimum atomic E-state index is -0.472. The molecule has 0 saturated heterocycles. The summed E-state index contributed by atoms with van der Waals surface area (Å²) in [4.78, 5) is 0. The van der Waals surface area contributed by atoms with Crippen molar-refractivity contribution in [2.75, 3.05) is 0 Å². The Morgan fingerprint density at radius 3 is 1.56 bits per heavy atom. The molecule has 1 rings (SSSR count). The van der Waals surface area contributed by atoms with E-state index in [1.165, 1.54) is 0 Å².